The number of methoxy groups -OCH3 is 2. The summed E-state index contributed by atoms with van der Waals surface area (Å²) in [7, 11) is 3.11. The third-order valence-electron chi connectivity index (χ3n) is 3.61. The van der Waals surface area contributed by atoms with E-state index in [4.69, 9.17) is 9.47 Å². The predicted octanol–water partition coefficient (Wildman–Crippen LogP) is 3.29. The van der Waals surface area contributed by atoms with Crippen molar-refractivity contribution in [1.29, 1.82) is 0 Å². The number of hydrogen-bond donors (Lipinski definition) is 1. The van der Waals surface area contributed by atoms with Crippen LogP contribution in [0.2, 0.25) is 0 Å². The maximum absolute atomic E-state index is 12.4. The molecule has 0 bridgehead atoms. The molecule has 0 spiro atoms. The highest BCUT2D eigenvalue weighted by molar-refractivity contribution is 7.18. The number of thiazole rings is 1. The van der Waals surface area contributed by atoms with Gasteiger partial charge in [-0.3, -0.25) is 4.79 Å². The van der Waals surface area contributed by atoms with Gasteiger partial charge in [0.05, 0.1) is 35.0 Å². The fourth-order valence-electron chi connectivity index (χ4n) is 2.40. The lowest BCUT2D eigenvalue weighted by molar-refractivity contribution is 0.0950. The number of aromatic nitrogens is 1. The SMILES string of the molecule is COc1ccc(OC)c(C(=O)NCCc2nc3ccccc3s2)c1. The molecule has 0 fully saturated rings. The number of rotatable bonds is 6. The molecule has 0 unspecified atom stereocenters. The van der Waals surface area contributed by atoms with Crippen LogP contribution in [-0.4, -0.2) is 31.7 Å². The van der Waals surface area contributed by atoms with Gasteiger partial charge in [-0.2, -0.15) is 0 Å². The number of carbonyl (C=O) groups excluding carboxylic acids is 1. The molecule has 5 nitrogen and oxygen atoms in total. The van der Waals surface area contributed by atoms with Gasteiger partial charge in [-0.15, -0.1) is 11.3 Å². The fraction of sp³-hybridized carbons (Fsp3) is 0.222. The summed E-state index contributed by atoms with van der Waals surface area (Å²) in [5, 5.41) is 3.92. The number of nitrogens with zero attached hydrogens (tertiary/aromatic N) is 1. The fourth-order valence-corrected chi connectivity index (χ4v) is 3.36. The topological polar surface area (TPSA) is 60.5 Å². The van der Waals surface area contributed by atoms with Crippen LogP contribution in [-0.2, 0) is 6.42 Å². The maximum Gasteiger partial charge on any atom is 0.255 e. The van der Waals surface area contributed by atoms with Gasteiger partial charge in [0.25, 0.3) is 5.91 Å². The standard InChI is InChI=1S/C18H18N2O3S/c1-22-12-7-8-15(23-2)13(11-12)18(21)19-10-9-17-20-14-5-3-4-6-16(14)24-17/h3-8,11H,9-10H2,1-2H3,(H,19,21). The Labute approximate surface area is 144 Å². The summed E-state index contributed by atoms with van der Waals surface area (Å²) in [5.41, 5.74) is 1.46. The second kappa shape index (κ2) is 7.31. The van der Waals surface area contributed by atoms with Gasteiger partial charge in [0.2, 0.25) is 0 Å². The van der Waals surface area contributed by atoms with Crippen LogP contribution >= 0.6 is 11.3 Å². The van der Waals surface area contributed by atoms with E-state index in [1.807, 2.05) is 18.2 Å². The van der Waals surface area contributed by atoms with E-state index in [-0.39, 0.29) is 5.91 Å². The third kappa shape index (κ3) is 3.49. The Morgan fingerprint density at radius 1 is 1.17 bits per heavy atom. The summed E-state index contributed by atoms with van der Waals surface area (Å²) < 4.78 is 11.6. The Morgan fingerprint density at radius 2 is 2.00 bits per heavy atom. The van der Waals surface area contributed by atoms with Gasteiger partial charge in [-0.25, -0.2) is 4.98 Å². The normalized spacial score (nSPS) is 10.6. The van der Waals surface area contributed by atoms with Crippen LogP contribution in [0, 0.1) is 0 Å². The molecule has 0 aliphatic rings. The molecule has 3 aromatic rings. The lowest BCUT2D eigenvalue weighted by atomic mass is 10.1. The first-order valence-corrected chi connectivity index (χ1v) is 8.37. The molecule has 1 heterocycles. The molecule has 0 radical (unpaired) electrons. The van der Waals surface area contributed by atoms with Crippen molar-refractivity contribution in [2.45, 2.75) is 6.42 Å². The minimum atomic E-state index is -0.188. The second-order valence-electron chi connectivity index (χ2n) is 5.15. The van der Waals surface area contributed by atoms with Crippen molar-refractivity contribution in [1.82, 2.24) is 10.3 Å². The molecule has 1 aromatic heterocycles. The third-order valence-corrected chi connectivity index (χ3v) is 4.71. The number of nitrogens with one attached hydrogen (secondary N) is 1. The van der Waals surface area contributed by atoms with E-state index in [0.29, 0.717) is 30.0 Å². The number of ether oxygens (including phenoxy) is 2. The number of amides is 1. The molecule has 0 saturated carbocycles. The monoisotopic (exact) mass is 342 g/mol. The largest absolute Gasteiger partial charge is 0.497 e. The molecule has 2 aromatic carbocycles. The minimum absolute atomic E-state index is 0.188. The first kappa shape index (κ1) is 16.3. The van der Waals surface area contributed by atoms with Crippen molar-refractivity contribution in [3.05, 3.63) is 53.0 Å². The molecule has 1 amide bonds. The molecule has 0 atom stereocenters. The van der Waals surface area contributed by atoms with Crippen LogP contribution in [0.3, 0.4) is 0 Å². The Morgan fingerprint density at radius 3 is 2.75 bits per heavy atom. The maximum atomic E-state index is 12.4. The van der Waals surface area contributed by atoms with E-state index >= 15 is 0 Å². The van der Waals surface area contributed by atoms with Crippen LogP contribution in [0.5, 0.6) is 11.5 Å². The highest BCUT2D eigenvalue weighted by Crippen LogP contribution is 2.24. The van der Waals surface area contributed by atoms with E-state index < -0.39 is 0 Å². The van der Waals surface area contributed by atoms with E-state index in [0.717, 1.165) is 15.2 Å². The number of para-hydroxylation sites is 1. The quantitative estimate of drug-likeness (QED) is 0.747. The molecular formula is C18H18N2O3S. The van der Waals surface area contributed by atoms with E-state index in [1.54, 1.807) is 43.8 Å². The molecule has 0 saturated heterocycles. The molecule has 24 heavy (non-hydrogen) atoms. The molecule has 0 aliphatic heterocycles. The first-order valence-electron chi connectivity index (χ1n) is 7.56. The summed E-state index contributed by atoms with van der Waals surface area (Å²) in [6, 6.07) is 13.2. The van der Waals surface area contributed by atoms with Crippen molar-refractivity contribution in [2.24, 2.45) is 0 Å². The van der Waals surface area contributed by atoms with Crippen LogP contribution < -0.4 is 14.8 Å². The van der Waals surface area contributed by atoms with Gasteiger partial charge >= 0.3 is 0 Å². The Kier molecular flexibility index (Phi) is 4.96. The summed E-state index contributed by atoms with van der Waals surface area (Å²) in [4.78, 5) is 17.0. The number of hydrogen-bond acceptors (Lipinski definition) is 5. The lowest BCUT2D eigenvalue weighted by Crippen LogP contribution is -2.26. The zero-order valence-corrected chi connectivity index (χ0v) is 14.4. The van der Waals surface area contributed by atoms with Crippen molar-refractivity contribution >= 4 is 27.5 Å². The second-order valence-corrected chi connectivity index (χ2v) is 6.26. The van der Waals surface area contributed by atoms with Gasteiger partial charge in [0.1, 0.15) is 11.5 Å². The average molecular weight is 342 g/mol. The van der Waals surface area contributed by atoms with Crippen molar-refractivity contribution in [3.8, 4) is 11.5 Å². The molecule has 124 valence electrons. The summed E-state index contributed by atoms with van der Waals surface area (Å²) >= 11 is 1.65. The lowest BCUT2D eigenvalue weighted by Gasteiger charge is -2.10. The van der Waals surface area contributed by atoms with E-state index in [1.165, 1.54) is 0 Å². The molecule has 3 rings (SSSR count). The zero-order chi connectivity index (χ0) is 16.9. The van der Waals surface area contributed by atoms with Crippen molar-refractivity contribution in [2.75, 3.05) is 20.8 Å². The summed E-state index contributed by atoms with van der Waals surface area (Å²) in [5.74, 6) is 0.951. The highest BCUT2D eigenvalue weighted by Gasteiger charge is 2.13. The summed E-state index contributed by atoms with van der Waals surface area (Å²) in [6.45, 7) is 0.513. The van der Waals surface area contributed by atoms with Crippen molar-refractivity contribution < 1.29 is 14.3 Å². The minimum Gasteiger partial charge on any atom is -0.497 e. The molecule has 0 aliphatic carbocycles. The Hall–Kier alpha value is -2.60. The van der Waals surface area contributed by atoms with Crippen molar-refractivity contribution in [3.63, 3.8) is 0 Å². The molecule has 1 N–H and O–H groups in total. The van der Waals surface area contributed by atoms with Gasteiger partial charge in [0, 0.05) is 13.0 Å². The number of benzene rings is 2. The molecule has 6 heteroatoms. The van der Waals surface area contributed by atoms with Gasteiger partial charge in [-0.05, 0) is 30.3 Å². The number of carbonyl (C=O) groups is 1. The molecular weight excluding hydrogens is 324 g/mol. The van der Waals surface area contributed by atoms with Crippen LogP contribution in [0.15, 0.2) is 42.5 Å². The number of fused-ring (bicyclic) bond motifs is 1. The Balaban J connectivity index is 1.65. The van der Waals surface area contributed by atoms with Gasteiger partial charge < -0.3 is 14.8 Å². The highest BCUT2D eigenvalue weighted by atomic mass is 32.1. The smallest absolute Gasteiger partial charge is 0.255 e. The van der Waals surface area contributed by atoms with Crippen LogP contribution in [0.1, 0.15) is 15.4 Å². The summed E-state index contributed by atoms with van der Waals surface area (Å²) in [6.07, 6.45) is 0.692. The zero-order valence-electron chi connectivity index (χ0n) is 13.5. The van der Waals surface area contributed by atoms with Crippen LogP contribution in [0.25, 0.3) is 10.2 Å². The van der Waals surface area contributed by atoms with Crippen LogP contribution in [0.4, 0.5) is 0 Å². The van der Waals surface area contributed by atoms with E-state index in [2.05, 4.69) is 16.4 Å². The average Bonchev–Trinajstić information content (AvgIpc) is 3.03. The Bertz CT molecular complexity index is 827. The van der Waals surface area contributed by atoms with Gasteiger partial charge in [-0.1, -0.05) is 12.1 Å². The predicted molar refractivity (Wildman–Crippen MR) is 95.2 cm³/mol. The van der Waals surface area contributed by atoms with Gasteiger partial charge in [0.15, 0.2) is 0 Å². The van der Waals surface area contributed by atoms with E-state index in [9.17, 15) is 4.79 Å². The first-order chi connectivity index (χ1) is 11.7.